The SMILES string of the molecule is CCCCCCCCCCCC[n+]1ccccc1.S=C([S-])NCCNC(=S)[S-]. The monoisotopic (exact) mass is 458 g/mol. The molecule has 1 aromatic rings. The topological polar surface area (TPSA) is 27.9 Å². The van der Waals surface area contributed by atoms with E-state index in [1.807, 2.05) is 0 Å². The molecule has 0 amide bonds. The van der Waals surface area contributed by atoms with E-state index in [1.165, 1.54) is 70.8 Å². The molecule has 0 saturated carbocycles. The Morgan fingerprint density at radius 2 is 1.14 bits per heavy atom. The number of pyridine rings is 1. The van der Waals surface area contributed by atoms with Crippen molar-refractivity contribution in [2.75, 3.05) is 13.1 Å². The zero-order valence-corrected chi connectivity index (χ0v) is 20.4. The van der Waals surface area contributed by atoms with Crippen molar-refractivity contribution in [3.63, 3.8) is 0 Å². The van der Waals surface area contributed by atoms with Crippen LogP contribution >= 0.6 is 24.4 Å². The van der Waals surface area contributed by atoms with Crippen LogP contribution in [0.25, 0.3) is 0 Å². The molecule has 0 unspecified atom stereocenters. The van der Waals surface area contributed by atoms with Gasteiger partial charge in [0.2, 0.25) is 0 Å². The lowest BCUT2D eigenvalue weighted by atomic mass is 10.1. The number of nitrogens with one attached hydrogen (secondary N) is 2. The number of thiocarbonyl (C=S) groups is 2. The fourth-order valence-corrected chi connectivity index (χ4v) is 3.10. The maximum atomic E-state index is 4.59. The third kappa shape index (κ3) is 21.7. The number of aromatic nitrogens is 1. The lowest BCUT2D eigenvalue weighted by molar-refractivity contribution is -0.697. The van der Waals surface area contributed by atoms with Gasteiger partial charge in [-0.2, -0.15) is 0 Å². The molecule has 28 heavy (non-hydrogen) atoms. The second-order valence-electron chi connectivity index (χ2n) is 6.72. The van der Waals surface area contributed by atoms with Gasteiger partial charge in [0, 0.05) is 31.6 Å². The van der Waals surface area contributed by atoms with Crippen LogP contribution in [-0.2, 0) is 31.8 Å². The molecular weight excluding hydrogens is 423 g/mol. The maximum absolute atomic E-state index is 4.59. The highest BCUT2D eigenvalue weighted by atomic mass is 32.1. The van der Waals surface area contributed by atoms with Gasteiger partial charge in [0.1, 0.15) is 6.54 Å². The van der Waals surface area contributed by atoms with E-state index in [1.54, 1.807) is 0 Å². The molecule has 0 aromatic carbocycles. The van der Waals surface area contributed by atoms with Crippen molar-refractivity contribution in [2.24, 2.45) is 0 Å². The second-order valence-corrected chi connectivity index (χ2v) is 8.87. The van der Waals surface area contributed by atoms with Gasteiger partial charge >= 0.3 is 0 Å². The standard InChI is InChI=1S/C17H30N.C4H8N2S4/c1-2-3-4-5-6-7-8-9-10-12-15-18-16-13-11-14-17-18;7-3(8)5-1-2-6-4(9)10/h11,13-14,16-17H,2-10,12,15H2,1H3;1-2H2,(H2,5,7,8)(H2,6,9,10)/q+1;/p-2. The molecule has 0 aliphatic rings. The molecular formula is C21H36N3S4-. The Morgan fingerprint density at radius 3 is 1.57 bits per heavy atom. The highest BCUT2D eigenvalue weighted by molar-refractivity contribution is 8.00. The molecule has 0 spiro atoms. The van der Waals surface area contributed by atoms with Crippen LogP contribution in [-0.4, -0.2) is 21.7 Å². The Labute approximate surface area is 194 Å². The van der Waals surface area contributed by atoms with Crippen LogP contribution in [0.4, 0.5) is 0 Å². The van der Waals surface area contributed by atoms with Crippen LogP contribution < -0.4 is 15.2 Å². The summed E-state index contributed by atoms with van der Waals surface area (Å²) < 4.78 is 3.03. The predicted octanol–water partition coefficient (Wildman–Crippen LogP) is 4.72. The molecule has 0 bridgehead atoms. The van der Waals surface area contributed by atoms with Crippen LogP contribution in [0.2, 0.25) is 0 Å². The first-order valence-corrected chi connectivity index (χ1v) is 12.0. The largest absolute Gasteiger partial charge is 0.412 e. The first-order valence-electron chi connectivity index (χ1n) is 10.4. The van der Waals surface area contributed by atoms with Gasteiger partial charge in [-0.3, -0.25) is 0 Å². The van der Waals surface area contributed by atoms with Gasteiger partial charge in [0.25, 0.3) is 0 Å². The minimum absolute atomic E-state index is 0.372. The summed E-state index contributed by atoms with van der Waals surface area (Å²) in [7, 11) is 0. The highest BCUT2D eigenvalue weighted by Gasteiger charge is 1.97. The summed E-state index contributed by atoms with van der Waals surface area (Å²) in [6, 6.07) is 6.29. The third-order valence-electron chi connectivity index (χ3n) is 4.21. The van der Waals surface area contributed by atoms with Gasteiger partial charge in [0.15, 0.2) is 12.4 Å². The van der Waals surface area contributed by atoms with Gasteiger partial charge in [-0.05, 0) is 6.42 Å². The Hall–Kier alpha value is -0.630. The summed E-state index contributed by atoms with van der Waals surface area (Å²) in [5.41, 5.74) is 0. The molecule has 2 N–H and O–H groups in total. The first kappa shape index (κ1) is 27.4. The van der Waals surface area contributed by atoms with E-state index >= 15 is 0 Å². The Balaban J connectivity index is 0.000000621. The third-order valence-corrected chi connectivity index (χ3v) is 4.79. The molecule has 0 aliphatic carbocycles. The summed E-state index contributed by atoms with van der Waals surface area (Å²) in [6.45, 7) is 4.79. The van der Waals surface area contributed by atoms with Crippen LogP contribution in [0.3, 0.4) is 0 Å². The normalized spacial score (nSPS) is 9.89. The number of unbranched alkanes of at least 4 members (excludes halogenated alkanes) is 9. The van der Waals surface area contributed by atoms with E-state index in [2.05, 4.69) is 102 Å². The minimum atomic E-state index is 0.372. The zero-order valence-electron chi connectivity index (χ0n) is 17.2. The van der Waals surface area contributed by atoms with Crippen molar-refractivity contribution in [3.8, 4) is 0 Å². The lowest BCUT2D eigenvalue weighted by Crippen LogP contribution is -2.32. The highest BCUT2D eigenvalue weighted by Crippen LogP contribution is 2.10. The molecule has 1 rings (SSSR count). The second kappa shape index (κ2) is 21.1. The van der Waals surface area contributed by atoms with E-state index in [4.69, 9.17) is 0 Å². The number of aryl methyl sites for hydroxylation is 1. The molecule has 1 heterocycles. The molecule has 160 valence electrons. The number of hydrogen-bond donors (Lipinski definition) is 2. The quantitative estimate of drug-likeness (QED) is 0.181. The molecule has 1 aromatic heterocycles. The number of hydrogen-bond acceptors (Lipinski definition) is 4. The van der Waals surface area contributed by atoms with Crippen molar-refractivity contribution < 1.29 is 4.57 Å². The Morgan fingerprint density at radius 1 is 0.714 bits per heavy atom. The van der Waals surface area contributed by atoms with E-state index in [9.17, 15) is 0 Å². The average molecular weight is 459 g/mol. The first-order chi connectivity index (χ1) is 13.6. The summed E-state index contributed by atoms with van der Waals surface area (Å²) in [4.78, 5) is 0. The minimum Gasteiger partial charge on any atom is -0.412 e. The zero-order chi connectivity index (χ0) is 20.9. The van der Waals surface area contributed by atoms with Crippen molar-refractivity contribution in [3.05, 3.63) is 30.6 Å². The number of rotatable bonds is 14. The summed E-state index contributed by atoms with van der Waals surface area (Å²) >= 11 is 18.4. The van der Waals surface area contributed by atoms with Crippen LogP contribution in [0.15, 0.2) is 30.6 Å². The average Bonchev–Trinajstić information content (AvgIpc) is 2.68. The fraction of sp³-hybridized carbons (Fsp3) is 0.667. The van der Waals surface area contributed by atoms with Crippen LogP contribution in [0, 0.1) is 0 Å². The molecule has 7 heteroatoms. The molecule has 0 radical (unpaired) electrons. The van der Waals surface area contributed by atoms with Crippen molar-refractivity contribution in [1.29, 1.82) is 0 Å². The van der Waals surface area contributed by atoms with E-state index < -0.39 is 0 Å². The lowest BCUT2D eigenvalue weighted by Gasteiger charge is -2.12. The van der Waals surface area contributed by atoms with Gasteiger partial charge in [-0.25, -0.2) is 4.57 Å². The molecule has 0 saturated heterocycles. The van der Waals surface area contributed by atoms with E-state index in [-0.39, 0.29) is 0 Å². The van der Waals surface area contributed by atoms with E-state index in [0.717, 1.165) is 0 Å². The summed E-state index contributed by atoms with van der Waals surface area (Å²) in [5.74, 6) is 0. The van der Waals surface area contributed by atoms with Crippen molar-refractivity contribution in [2.45, 2.75) is 77.7 Å². The smallest absolute Gasteiger partial charge is 0.168 e. The maximum Gasteiger partial charge on any atom is 0.168 e. The predicted molar refractivity (Wildman–Crippen MR) is 134 cm³/mol. The molecule has 0 atom stereocenters. The Kier molecular flexibility index (Phi) is 20.6. The molecule has 0 aliphatic heterocycles. The summed E-state index contributed by atoms with van der Waals surface area (Å²) in [5, 5.41) is 5.56. The Bertz CT molecular complexity index is 482. The fourth-order valence-electron chi connectivity index (χ4n) is 2.69. The van der Waals surface area contributed by atoms with Crippen LogP contribution in [0.1, 0.15) is 71.1 Å². The van der Waals surface area contributed by atoms with E-state index in [0.29, 0.717) is 21.7 Å². The van der Waals surface area contributed by atoms with Gasteiger partial charge < -0.3 is 60.3 Å². The molecule has 0 fully saturated rings. The molecule has 3 nitrogen and oxygen atoms in total. The summed E-state index contributed by atoms with van der Waals surface area (Å²) in [6.07, 6.45) is 18.5. The van der Waals surface area contributed by atoms with Gasteiger partial charge in [0.05, 0.1) is 0 Å². The van der Waals surface area contributed by atoms with Crippen molar-refractivity contribution in [1.82, 2.24) is 10.6 Å². The van der Waals surface area contributed by atoms with Crippen LogP contribution in [0.5, 0.6) is 0 Å². The van der Waals surface area contributed by atoms with Crippen molar-refractivity contribution >= 4 is 58.3 Å². The van der Waals surface area contributed by atoms with Gasteiger partial charge in [-0.15, -0.1) is 0 Å². The number of nitrogens with zero attached hydrogens (tertiary/aromatic N) is 1. The van der Waals surface area contributed by atoms with Gasteiger partial charge in [-0.1, -0.05) is 73.0 Å².